The van der Waals surface area contributed by atoms with Crippen LogP contribution in [0.4, 0.5) is 0 Å². The number of amides is 1. The summed E-state index contributed by atoms with van der Waals surface area (Å²) in [5.74, 6) is -0.0375. The second-order valence-electron chi connectivity index (χ2n) is 7.06. The Morgan fingerprint density at radius 1 is 1.04 bits per heavy atom. The third-order valence-electron chi connectivity index (χ3n) is 4.32. The third kappa shape index (κ3) is 5.70. The van der Waals surface area contributed by atoms with Gasteiger partial charge in [-0.05, 0) is 41.2 Å². The molecule has 1 atom stereocenters. The Bertz CT molecular complexity index is 855. The molecule has 140 valence electrons. The molecule has 4 nitrogen and oxygen atoms in total. The van der Waals surface area contributed by atoms with Gasteiger partial charge in [0.15, 0.2) is 9.84 Å². The summed E-state index contributed by atoms with van der Waals surface area (Å²) < 4.78 is 23.0. The Labute approximate surface area is 156 Å². The minimum atomic E-state index is -3.14. The van der Waals surface area contributed by atoms with E-state index in [0.717, 1.165) is 12.0 Å². The topological polar surface area (TPSA) is 63.2 Å². The van der Waals surface area contributed by atoms with Crippen LogP contribution in [0.15, 0.2) is 48.5 Å². The molecule has 0 saturated carbocycles. The molecule has 0 spiro atoms. The smallest absolute Gasteiger partial charge is 0.251 e. The molecular weight excluding hydrogens is 346 g/mol. The van der Waals surface area contributed by atoms with Crippen LogP contribution < -0.4 is 5.32 Å². The zero-order valence-corrected chi connectivity index (χ0v) is 16.6. The van der Waals surface area contributed by atoms with Crippen LogP contribution in [0.1, 0.15) is 53.9 Å². The highest BCUT2D eigenvalue weighted by atomic mass is 32.2. The second kappa shape index (κ2) is 8.49. The van der Waals surface area contributed by atoms with E-state index in [9.17, 15) is 13.2 Å². The van der Waals surface area contributed by atoms with Crippen LogP contribution in [0, 0.1) is 5.92 Å². The second-order valence-corrected chi connectivity index (χ2v) is 9.20. The molecule has 0 aliphatic rings. The van der Waals surface area contributed by atoms with Crippen molar-refractivity contribution in [2.45, 2.75) is 39.0 Å². The van der Waals surface area contributed by atoms with E-state index in [2.05, 4.69) is 50.4 Å². The van der Waals surface area contributed by atoms with Crippen molar-refractivity contribution in [1.29, 1.82) is 0 Å². The Morgan fingerprint density at radius 2 is 1.69 bits per heavy atom. The average molecular weight is 374 g/mol. The Hall–Kier alpha value is -2.14. The SMILES string of the molecule is CCc1ccc([C@H](NC(=O)c2cccc(CS(C)(=O)=O)c2)C(C)C)cc1. The minimum Gasteiger partial charge on any atom is -0.345 e. The zero-order chi connectivity index (χ0) is 19.3. The maximum Gasteiger partial charge on any atom is 0.251 e. The zero-order valence-electron chi connectivity index (χ0n) is 15.8. The van der Waals surface area contributed by atoms with Gasteiger partial charge < -0.3 is 5.32 Å². The molecule has 0 heterocycles. The third-order valence-corrected chi connectivity index (χ3v) is 5.18. The summed E-state index contributed by atoms with van der Waals surface area (Å²) in [4.78, 5) is 12.7. The number of benzene rings is 2. The van der Waals surface area contributed by atoms with Gasteiger partial charge >= 0.3 is 0 Å². The van der Waals surface area contributed by atoms with Crippen molar-refractivity contribution in [3.8, 4) is 0 Å². The van der Waals surface area contributed by atoms with Gasteiger partial charge in [-0.1, -0.05) is 57.2 Å². The highest BCUT2D eigenvalue weighted by molar-refractivity contribution is 7.89. The van der Waals surface area contributed by atoms with Gasteiger partial charge in [0.05, 0.1) is 11.8 Å². The highest BCUT2D eigenvalue weighted by Gasteiger charge is 2.19. The van der Waals surface area contributed by atoms with Gasteiger partial charge in [0.25, 0.3) is 5.91 Å². The molecule has 0 aliphatic carbocycles. The molecule has 2 aromatic carbocycles. The summed E-state index contributed by atoms with van der Waals surface area (Å²) in [6, 6.07) is 15.0. The number of sulfone groups is 1. The van der Waals surface area contributed by atoms with Gasteiger partial charge in [0.1, 0.15) is 0 Å². The summed E-state index contributed by atoms with van der Waals surface area (Å²) in [5, 5.41) is 3.09. The molecule has 0 aliphatic heterocycles. The number of nitrogens with one attached hydrogen (secondary N) is 1. The molecule has 0 saturated heterocycles. The summed E-state index contributed by atoms with van der Waals surface area (Å²) in [6.45, 7) is 6.25. The quantitative estimate of drug-likeness (QED) is 0.800. The molecule has 0 radical (unpaired) electrons. The average Bonchev–Trinajstić information content (AvgIpc) is 2.58. The molecule has 0 unspecified atom stereocenters. The fourth-order valence-corrected chi connectivity index (χ4v) is 3.71. The number of hydrogen-bond donors (Lipinski definition) is 1. The van der Waals surface area contributed by atoms with E-state index in [1.165, 1.54) is 11.8 Å². The lowest BCUT2D eigenvalue weighted by Crippen LogP contribution is -2.31. The molecule has 2 rings (SSSR count). The van der Waals surface area contributed by atoms with E-state index >= 15 is 0 Å². The van der Waals surface area contributed by atoms with Crippen molar-refractivity contribution in [3.63, 3.8) is 0 Å². The van der Waals surface area contributed by atoms with Gasteiger partial charge in [-0.25, -0.2) is 8.42 Å². The molecule has 5 heteroatoms. The van der Waals surface area contributed by atoms with Crippen LogP contribution in [0.25, 0.3) is 0 Å². The normalized spacial score (nSPS) is 12.8. The summed E-state index contributed by atoms with van der Waals surface area (Å²) in [5.41, 5.74) is 3.42. The van der Waals surface area contributed by atoms with E-state index in [0.29, 0.717) is 11.1 Å². The molecule has 0 aromatic heterocycles. The Kier molecular flexibility index (Phi) is 6.59. The molecule has 0 fully saturated rings. The lowest BCUT2D eigenvalue weighted by Gasteiger charge is -2.23. The predicted molar refractivity (Wildman–Crippen MR) is 106 cm³/mol. The number of rotatable bonds is 7. The van der Waals surface area contributed by atoms with Crippen molar-refractivity contribution >= 4 is 15.7 Å². The monoisotopic (exact) mass is 373 g/mol. The van der Waals surface area contributed by atoms with Crippen molar-refractivity contribution < 1.29 is 13.2 Å². The van der Waals surface area contributed by atoms with E-state index in [1.54, 1.807) is 24.3 Å². The van der Waals surface area contributed by atoms with E-state index in [1.807, 2.05) is 0 Å². The van der Waals surface area contributed by atoms with Crippen LogP contribution in [-0.4, -0.2) is 20.6 Å². The molecule has 0 bridgehead atoms. The van der Waals surface area contributed by atoms with E-state index in [4.69, 9.17) is 0 Å². The van der Waals surface area contributed by atoms with Crippen LogP contribution in [0.3, 0.4) is 0 Å². The van der Waals surface area contributed by atoms with Gasteiger partial charge in [0.2, 0.25) is 0 Å². The van der Waals surface area contributed by atoms with Crippen molar-refractivity contribution in [3.05, 3.63) is 70.8 Å². The highest BCUT2D eigenvalue weighted by Crippen LogP contribution is 2.23. The molecule has 1 N–H and O–H groups in total. The first-order valence-corrected chi connectivity index (χ1v) is 10.9. The van der Waals surface area contributed by atoms with Crippen molar-refractivity contribution in [2.24, 2.45) is 5.92 Å². The molecule has 2 aromatic rings. The van der Waals surface area contributed by atoms with Gasteiger partial charge in [-0.2, -0.15) is 0 Å². The van der Waals surface area contributed by atoms with E-state index < -0.39 is 9.84 Å². The van der Waals surface area contributed by atoms with Crippen LogP contribution in [-0.2, 0) is 22.0 Å². The fourth-order valence-electron chi connectivity index (χ4n) is 2.93. The number of carbonyl (C=O) groups is 1. The molecular formula is C21H27NO3S. The standard InChI is InChI=1S/C21H27NO3S/c1-5-16-9-11-18(12-10-16)20(15(2)3)22-21(23)19-8-6-7-17(13-19)14-26(4,24)25/h6-13,15,20H,5,14H2,1-4H3,(H,22,23)/t20-/m1/s1. The Balaban J connectivity index is 2.20. The van der Waals surface area contributed by atoms with Crippen LogP contribution in [0.5, 0.6) is 0 Å². The summed E-state index contributed by atoms with van der Waals surface area (Å²) in [6.07, 6.45) is 2.17. The predicted octanol–water partition coefficient (Wildman–Crippen LogP) is 3.92. The largest absolute Gasteiger partial charge is 0.345 e. The summed E-state index contributed by atoms with van der Waals surface area (Å²) in [7, 11) is -3.14. The molecule has 26 heavy (non-hydrogen) atoms. The minimum absolute atomic E-state index is 0.0692. The lowest BCUT2D eigenvalue weighted by molar-refractivity contribution is 0.0925. The van der Waals surface area contributed by atoms with Gasteiger partial charge in [0, 0.05) is 11.8 Å². The number of hydrogen-bond acceptors (Lipinski definition) is 3. The van der Waals surface area contributed by atoms with Crippen LogP contribution in [0.2, 0.25) is 0 Å². The maximum atomic E-state index is 12.7. The van der Waals surface area contributed by atoms with Gasteiger partial charge in [-0.3, -0.25) is 4.79 Å². The van der Waals surface area contributed by atoms with E-state index in [-0.39, 0.29) is 23.6 Å². The Morgan fingerprint density at radius 3 is 2.23 bits per heavy atom. The fraction of sp³-hybridized carbons (Fsp3) is 0.381. The summed E-state index contributed by atoms with van der Waals surface area (Å²) >= 11 is 0. The first-order valence-electron chi connectivity index (χ1n) is 8.86. The first kappa shape index (κ1) is 20.2. The molecule has 1 amide bonds. The van der Waals surface area contributed by atoms with Crippen molar-refractivity contribution in [1.82, 2.24) is 5.32 Å². The van der Waals surface area contributed by atoms with Crippen molar-refractivity contribution in [2.75, 3.05) is 6.26 Å². The maximum absolute atomic E-state index is 12.7. The van der Waals surface area contributed by atoms with Gasteiger partial charge in [-0.15, -0.1) is 0 Å². The van der Waals surface area contributed by atoms with Crippen LogP contribution >= 0.6 is 0 Å². The lowest BCUT2D eigenvalue weighted by atomic mass is 9.94. The first-order chi connectivity index (χ1) is 12.2. The number of carbonyl (C=O) groups excluding carboxylic acids is 1. The number of aryl methyl sites for hydroxylation is 1.